The van der Waals surface area contributed by atoms with Crippen LogP contribution in [0, 0.1) is 16.7 Å². The van der Waals surface area contributed by atoms with Crippen LogP contribution in [0.15, 0.2) is 0 Å². The van der Waals surface area contributed by atoms with Crippen LogP contribution in [-0.4, -0.2) is 35.7 Å². The first kappa shape index (κ1) is 12.0. The van der Waals surface area contributed by atoms with E-state index >= 15 is 0 Å². The highest BCUT2D eigenvalue weighted by Crippen LogP contribution is 2.53. The lowest BCUT2D eigenvalue weighted by Gasteiger charge is -2.54. The monoisotopic (exact) mass is 253 g/mol. The molecule has 1 heterocycles. The maximum Gasteiger partial charge on any atom is 0.319 e. The molecule has 100 valence electrons. The van der Waals surface area contributed by atoms with E-state index in [4.69, 9.17) is 9.84 Å². The van der Waals surface area contributed by atoms with Gasteiger partial charge in [0.1, 0.15) is 5.41 Å². The van der Waals surface area contributed by atoms with E-state index in [1.807, 2.05) is 0 Å². The quantitative estimate of drug-likeness (QED) is 0.729. The molecule has 0 bridgehead atoms. The van der Waals surface area contributed by atoms with Gasteiger partial charge in [0.15, 0.2) is 0 Å². The van der Waals surface area contributed by atoms with Crippen molar-refractivity contribution in [2.45, 2.75) is 45.3 Å². The number of rotatable bonds is 3. The van der Waals surface area contributed by atoms with E-state index in [1.165, 1.54) is 0 Å². The molecule has 0 unspecified atom stereocenters. The molecule has 1 saturated heterocycles. The van der Waals surface area contributed by atoms with Crippen molar-refractivity contribution in [3.05, 3.63) is 0 Å². The van der Waals surface area contributed by atoms with Crippen LogP contribution in [0.1, 0.15) is 33.1 Å². The minimum Gasteiger partial charge on any atom is -0.480 e. The minimum atomic E-state index is -1.14. The summed E-state index contributed by atoms with van der Waals surface area (Å²) in [6, 6.07) is 0.0503. The molecule has 0 radical (unpaired) electrons. The smallest absolute Gasteiger partial charge is 0.319 e. The highest BCUT2D eigenvalue weighted by molar-refractivity contribution is 6.05. The fourth-order valence-electron chi connectivity index (χ4n) is 3.56. The van der Waals surface area contributed by atoms with Crippen LogP contribution >= 0.6 is 0 Å². The standard InChI is InChI=1S/C13H19NO4/c1-12(2)8(7-3-6-18-9(7)12)14-10(15)13(4-5-13)11(16)17/h7-9H,3-6H2,1-2H3,(H,14,15)(H,16,17)/t7-,8-,9+/m1/s1. The molecule has 5 nitrogen and oxygen atoms in total. The third kappa shape index (κ3) is 1.37. The van der Waals surface area contributed by atoms with Gasteiger partial charge in [-0.3, -0.25) is 9.59 Å². The summed E-state index contributed by atoms with van der Waals surface area (Å²) < 4.78 is 5.66. The molecule has 0 aromatic heterocycles. The first-order valence-corrected chi connectivity index (χ1v) is 6.55. The Morgan fingerprint density at radius 1 is 1.33 bits per heavy atom. The summed E-state index contributed by atoms with van der Waals surface area (Å²) in [7, 11) is 0. The van der Waals surface area contributed by atoms with Gasteiger partial charge in [0.05, 0.1) is 6.10 Å². The van der Waals surface area contributed by atoms with Crippen LogP contribution in [0.3, 0.4) is 0 Å². The summed E-state index contributed by atoms with van der Waals surface area (Å²) in [5, 5.41) is 12.1. The molecule has 3 aliphatic rings. The van der Waals surface area contributed by atoms with Crippen molar-refractivity contribution in [2.75, 3.05) is 6.61 Å². The van der Waals surface area contributed by atoms with Gasteiger partial charge in [0, 0.05) is 24.0 Å². The molecule has 0 aromatic rings. The number of carboxylic acids is 1. The van der Waals surface area contributed by atoms with Crippen LogP contribution in [0.4, 0.5) is 0 Å². The maximum atomic E-state index is 12.1. The molecule has 3 fully saturated rings. The fraction of sp³-hybridized carbons (Fsp3) is 0.846. The Balaban J connectivity index is 1.70. The van der Waals surface area contributed by atoms with Crippen molar-refractivity contribution in [1.29, 1.82) is 0 Å². The lowest BCUT2D eigenvalue weighted by Crippen LogP contribution is -2.67. The van der Waals surface area contributed by atoms with Crippen molar-refractivity contribution in [2.24, 2.45) is 16.7 Å². The van der Waals surface area contributed by atoms with E-state index in [1.54, 1.807) is 0 Å². The molecule has 18 heavy (non-hydrogen) atoms. The lowest BCUT2D eigenvalue weighted by atomic mass is 9.57. The molecular formula is C13H19NO4. The van der Waals surface area contributed by atoms with Crippen molar-refractivity contribution >= 4 is 11.9 Å². The average molecular weight is 253 g/mol. The van der Waals surface area contributed by atoms with Crippen molar-refractivity contribution in [3.8, 4) is 0 Å². The lowest BCUT2D eigenvalue weighted by molar-refractivity contribution is -0.154. The Bertz CT molecular complexity index is 413. The Labute approximate surface area is 106 Å². The van der Waals surface area contributed by atoms with Gasteiger partial charge in [-0.05, 0) is 19.3 Å². The maximum absolute atomic E-state index is 12.1. The molecule has 3 rings (SSSR count). The zero-order valence-corrected chi connectivity index (χ0v) is 10.7. The average Bonchev–Trinajstić information content (AvgIpc) is 2.99. The minimum absolute atomic E-state index is 0.0503. The predicted molar refractivity (Wildman–Crippen MR) is 62.9 cm³/mol. The number of hydrogen-bond donors (Lipinski definition) is 2. The zero-order chi connectivity index (χ0) is 13.1. The third-order valence-corrected chi connectivity index (χ3v) is 4.98. The summed E-state index contributed by atoms with van der Waals surface area (Å²) in [4.78, 5) is 23.2. The van der Waals surface area contributed by atoms with Crippen molar-refractivity contribution in [3.63, 3.8) is 0 Å². The van der Waals surface area contributed by atoms with E-state index in [-0.39, 0.29) is 23.5 Å². The summed E-state index contributed by atoms with van der Waals surface area (Å²) in [6.07, 6.45) is 2.10. The molecule has 2 saturated carbocycles. The SMILES string of the molecule is CC1(C)[C@H](NC(=O)C2(C(=O)O)CC2)[C@H]2CCO[C@@H]21. The third-order valence-electron chi connectivity index (χ3n) is 4.98. The number of carbonyl (C=O) groups excluding carboxylic acids is 1. The van der Waals surface area contributed by atoms with Crippen LogP contribution in [0.25, 0.3) is 0 Å². The van der Waals surface area contributed by atoms with Gasteiger partial charge in [-0.25, -0.2) is 0 Å². The number of carboxylic acid groups (broad SMARTS) is 1. The number of fused-ring (bicyclic) bond motifs is 1. The fourth-order valence-corrected chi connectivity index (χ4v) is 3.56. The number of carbonyl (C=O) groups is 2. The number of aliphatic carboxylic acids is 1. The number of hydrogen-bond acceptors (Lipinski definition) is 3. The Kier molecular flexibility index (Phi) is 2.31. The van der Waals surface area contributed by atoms with E-state index in [0.29, 0.717) is 18.8 Å². The normalized spacial score (nSPS) is 38.4. The summed E-state index contributed by atoms with van der Waals surface area (Å²) in [5.74, 6) is -0.941. The van der Waals surface area contributed by atoms with Crippen LogP contribution in [0.2, 0.25) is 0 Å². The van der Waals surface area contributed by atoms with Crippen LogP contribution in [-0.2, 0) is 14.3 Å². The van der Waals surface area contributed by atoms with Gasteiger partial charge in [0.25, 0.3) is 0 Å². The van der Waals surface area contributed by atoms with Crippen LogP contribution < -0.4 is 5.32 Å². The predicted octanol–water partition coefficient (Wildman–Crippen LogP) is 0.781. The highest BCUT2D eigenvalue weighted by Gasteiger charge is 2.63. The summed E-state index contributed by atoms with van der Waals surface area (Å²) in [6.45, 7) is 4.89. The van der Waals surface area contributed by atoms with Gasteiger partial charge in [-0.1, -0.05) is 13.8 Å². The molecule has 0 spiro atoms. The second kappa shape index (κ2) is 3.47. The molecule has 2 N–H and O–H groups in total. The Morgan fingerprint density at radius 2 is 2.00 bits per heavy atom. The zero-order valence-electron chi connectivity index (χ0n) is 10.7. The van der Waals surface area contributed by atoms with E-state index < -0.39 is 11.4 Å². The molecule has 3 atom stereocenters. The van der Waals surface area contributed by atoms with Gasteiger partial charge in [-0.2, -0.15) is 0 Å². The molecule has 1 aliphatic heterocycles. The Morgan fingerprint density at radius 3 is 2.56 bits per heavy atom. The molecule has 2 aliphatic carbocycles. The highest BCUT2D eigenvalue weighted by atomic mass is 16.5. The number of nitrogens with one attached hydrogen (secondary N) is 1. The van der Waals surface area contributed by atoms with Crippen LogP contribution in [0.5, 0.6) is 0 Å². The molecular weight excluding hydrogens is 234 g/mol. The second-order valence-corrected chi connectivity index (χ2v) is 6.40. The molecule has 0 aromatic carbocycles. The topological polar surface area (TPSA) is 75.6 Å². The van der Waals surface area contributed by atoms with E-state index in [9.17, 15) is 9.59 Å². The largest absolute Gasteiger partial charge is 0.480 e. The van der Waals surface area contributed by atoms with E-state index in [2.05, 4.69) is 19.2 Å². The molecule has 1 amide bonds. The summed E-state index contributed by atoms with van der Waals surface area (Å²) >= 11 is 0. The summed E-state index contributed by atoms with van der Waals surface area (Å²) in [5.41, 5.74) is -1.23. The van der Waals surface area contributed by atoms with Gasteiger partial charge in [-0.15, -0.1) is 0 Å². The van der Waals surface area contributed by atoms with Gasteiger partial charge < -0.3 is 15.2 Å². The van der Waals surface area contributed by atoms with E-state index in [0.717, 1.165) is 13.0 Å². The van der Waals surface area contributed by atoms with Crippen molar-refractivity contribution < 1.29 is 19.4 Å². The molecule has 5 heteroatoms. The number of amides is 1. The van der Waals surface area contributed by atoms with Gasteiger partial charge in [0.2, 0.25) is 5.91 Å². The first-order valence-electron chi connectivity index (χ1n) is 6.55. The van der Waals surface area contributed by atoms with Gasteiger partial charge >= 0.3 is 5.97 Å². The number of ether oxygens (including phenoxy) is 1. The first-order chi connectivity index (χ1) is 8.39. The van der Waals surface area contributed by atoms with Crippen molar-refractivity contribution in [1.82, 2.24) is 5.32 Å². The second-order valence-electron chi connectivity index (χ2n) is 6.40. The Hall–Kier alpha value is -1.10.